The molecule has 5 rings (SSSR count). The number of aromatic amines is 1. The van der Waals surface area contributed by atoms with Gasteiger partial charge in [0.1, 0.15) is 11.4 Å². The number of ether oxygens (including phenoxy) is 1. The predicted octanol–water partition coefficient (Wildman–Crippen LogP) is 5.51. The predicted molar refractivity (Wildman–Crippen MR) is 141 cm³/mol. The lowest BCUT2D eigenvalue weighted by Crippen LogP contribution is -2.11. The number of aromatic nitrogens is 2. The standard InChI is InChI=1S/C28H23FN2O4S/c1-5-17-9-10-20-23(11-17)30-28-26(20)27(32)22-14-25(35-15-16(2)3)21(13-24(22)31(28)4)18-7-6-8-19(12-18)36(29,33)34/h1,6-14,16,30H,15H2,2-4H3. The lowest BCUT2D eigenvalue weighted by atomic mass is 10.0. The molecule has 0 aliphatic heterocycles. The van der Waals surface area contributed by atoms with E-state index in [0.717, 1.165) is 10.9 Å². The molecule has 0 radical (unpaired) electrons. The number of benzene rings is 3. The molecular weight excluding hydrogens is 479 g/mol. The smallest absolute Gasteiger partial charge is 0.332 e. The highest BCUT2D eigenvalue weighted by Gasteiger charge is 2.20. The summed E-state index contributed by atoms with van der Waals surface area (Å²) in [4.78, 5) is 16.6. The molecule has 0 saturated carbocycles. The van der Waals surface area contributed by atoms with Gasteiger partial charge < -0.3 is 14.3 Å². The first kappa shape index (κ1) is 23.6. The Kier molecular flexibility index (Phi) is 5.61. The highest BCUT2D eigenvalue weighted by atomic mass is 32.3. The van der Waals surface area contributed by atoms with Crippen molar-refractivity contribution in [1.29, 1.82) is 0 Å². The van der Waals surface area contributed by atoms with E-state index in [1.54, 1.807) is 24.3 Å². The summed E-state index contributed by atoms with van der Waals surface area (Å²) in [6.45, 7) is 4.37. The van der Waals surface area contributed by atoms with Crippen molar-refractivity contribution in [3.05, 3.63) is 70.4 Å². The molecule has 0 amide bonds. The maximum Gasteiger partial charge on any atom is 0.332 e. The maximum absolute atomic E-state index is 13.8. The fourth-order valence-corrected chi connectivity index (χ4v) is 4.96. The Morgan fingerprint density at radius 3 is 2.58 bits per heavy atom. The Labute approximate surface area is 207 Å². The van der Waals surface area contributed by atoms with Crippen LogP contribution >= 0.6 is 0 Å². The average molecular weight is 503 g/mol. The van der Waals surface area contributed by atoms with Crippen LogP contribution in [0.2, 0.25) is 0 Å². The molecule has 5 aromatic rings. The minimum atomic E-state index is -4.89. The third-order valence-corrected chi connectivity index (χ3v) is 7.03. The van der Waals surface area contributed by atoms with Crippen LogP contribution in [0, 0.1) is 18.3 Å². The highest BCUT2D eigenvalue weighted by Crippen LogP contribution is 2.36. The molecule has 0 saturated heterocycles. The van der Waals surface area contributed by atoms with Crippen LogP contribution in [0.4, 0.5) is 3.89 Å². The van der Waals surface area contributed by atoms with E-state index in [1.807, 2.05) is 37.6 Å². The summed E-state index contributed by atoms with van der Waals surface area (Å²) in [5, 5.41) is 1.75. The van der Waals surface area contributed by atoms with E-state index in [0.29, 0.717) is 51.0 Å². The lowest BCUT2D eigenvalue weighted by molar-refractivity contribution is 0.272. The monoisotopic (exact) mass is 502 g/mol. The van der Waals surface area contributed by atoms with Gasteiger partial charge in [0.25, 0.3) is 0 Å². The van der Waals surface area contributed by atoms with E-state index in [4.69, 9.17) is 11.2 Å². The Bertz CT molecular complexity index is 1890. The van der Waals surface area contributed by atoms with Crippen molar-refractivity contribution in [3.8, 4) is 29.2 Å². The number of hydrogen-bond donors (Lipinski definition) is 1. The van der Waals surface area contributed by atoms with Gasteiger partial charge in [0.15, 0.2) is 5.43 Å². The van der Waals surface area contributed by atoms with Crippen molar-refractivity contribution in [3.63, 3.8) is 0 Å². The van der Waals surface area contributed by atoms with Crippen LogP contribution in [0.25, 0.3) is 44.0 Å². The zero-order chi connectivity index (χ0) is 25.8. The summed E-state index contributed by atoms with van der Waals surface area (Å²) in [7, 11) is -3.06. The first-order chi connectivity index (χ1) is 17.1. The van der Waals surface area contributed by atoms with Gasteiger partial charge in [-0.05, 0) is 47.9 Å². The van der Waals surface area contributed by atoms with Gasteiger partial charge in [0.2, 0.25) is 0 Å². The number of H-pyrrole nitrogens is 1. The van der Waals surface area contributed by atoms with E-state index < -0.39 is 15.1 Å². The third-order valence-electron chi connectivity index (χ3n) is 6.21. The number of rotatable bonds is 5. The third kappa shape index (κ3) is 3.91. The summed E-state index contributed by atoms with van der Waals surface area (Å²) >= 11 is 0. The zero-order valence-electron chi connectivity index (χ0n) is 19.9. The van der Waals surface area contributed by atoms with Crippen molar-refractivity contribution < 1.29 is 17.0 Å². The number of terminal acetylenes is 1. The van der Waals surface area contributed by atoms with Gasteiger partial charge in [0, 0.05) is 29.1 Å². The maximum atomic E-state index is 13.8. The van der Waals surface area contributed by atoms with E-state index in [9.17, 15) is 17.1 Å². The molecule has 6 nitrogen and oxygen atoms in total. The minimum absolute atomic E-state index is 0.168. The van der Waals surface area contributed by atoms with Crippen LogP contribution in [0.1, 0.15) is 19.4 Å². The molecular formula is C28H23FN2O4S. The first-order valence-electron chi connectivity index (χ1n) is 11.3. The molecule has 182 valence electrons. The average Bonchev–Trinajstić information content (AvgIpc) is 3.24. The molecule has 8 heteroatoms. The lowest BCUT2D eigenvalue weighted by Gasteiger charge is -2.17. The SMILES string of the molecule is C#Cc1ccc2c(c1)[nH]c1c2c(=O)c2cc(OCC(C)C)c(-c3cccc(S(=O)(=O)F)c3)cc2n1C. The second-order valence-electron chi connectivity index (χ2n) is 9.18. The summed E-state index contributed by atoms with van der Waals surface area (Å²) in [5.74, 6) is 3.22. The molecule has 3 aromatic carbocycles. The summed E-state index contributed by atoms with van der Waals surface area (Å²) < 4.78 is 44.8. The summed E-state index contributed by atoms with van der Waals surface area (Å²) in [6, 6.07) is 14.5. The second-order valence-corrected chi connectivity index (χ2v) is 10.5. The molecule has 0 fully saturated rings. The molecule has 36 heavy (non-hydrogen) atoms. The van der Waals surface area contributed by atoms with Gasteiger partial charge >= 0.3 is 10.2 Å². The van der Waals surface area contributed by atoms with Crippen molar-refractivity contribution in [2.75, 3.05) is 6.61 Å². The molecule has 0 bridgehead atoms. The Morgan fingerprint density at radius 2 is 1.89 bits per heavy atom. The van der Waals surface area contributed by atoms with Crippen LogP contribution in [-0.2, 0) is 17.3 Å². The van der Waals surface area contributed by atoms with Crippen LogP contribution in [-0.4, -0.2) is 24.6 Å². The van der Waals surface area contributed by atoms with Crippen LogP contribution in [0.3, 0.4) is 0 Å². The summed E-state index contributed by atoms with van der Waals surface area (Å²) in [6.07, 6.45) is 5.55. The minimum Gasteiger partial charge on any atom is -0.493 e. The van der Waals surface area contributed by atoms with Crippen molar-refractivity contribution in [1.82, 2.24) is 9.55 Å². The number of hydrogen-bond acceptors (Lipinski definition) is 4. The molecule has 2 heterocycles. The van der Waals surface area contributed by atoms with Crippen LogP contribution in [0.5, 0.6) is 5.75 Å². The van der Waals surface area contributed by atoms with Gasteiger partial charge in [0.05, 0.1) is 27.8 Å². The van der Waals surface area contributed by atoms with E-state index in [-0.39, 0.29) is 11.3 Å². The largest absolute Gasteiger partial charge is 0.493 e. The number of aryl methyl sites for hydroxylation is 1. The van der Waals surface area contributed by atoms with Crippen LogP contribution < -0.4 is 10.2 Å². The van der Waals surface area contributed by atoms with Crippen molar-refractivity contribution in [2.24, 2.45) is 13.0 Å². The van der Waals surface area contributed by atoms with Gasteiger partial charge in [-0.3, -0.25) is 4.79 Å². The van der Waals surface area contributed by atoms with E-state index in [1.165, 1.54) is 18.2 Å². The molecule has 0 spiro atoms. The Balaban J connectivity index is 1.85. The van der Waals surface area contributed by atoms with Crippen molar-refractivity contribution in [2.45, 2.75) is 18.7 Å². The fourth-order valence-electron chi connectivity index (χ4n) is 4.45. The highest BCUT2D eigenvalue weighted by molar-refractivity contribution is 7.86. The van der Waals surface area contributed by atoms with E-state index in [2.05, 4.69) is 10.9 Å². The molecule has 0 aliphatic rings. The number of fused-ring (bicyclic) bond motifs is 4. The number of nitrogens with zero attached hydrogens (tertiary/aromatic N) is 1. The van der Waals surface area contributed by atoms with Crippen molar-refractivity contribution >= 4 is 43.1 Å². The number of nitrogens with one attached hydrogen (secondary N) is 1. The normalized spacial score (nSPS) is 12.0. The molecule has 2 aromatic heterocycles. The molecule has 1 N–H and O–H groups in total. The molecule has 0 aliphatic carbocycles. The summed E-state index contributed by atoms with van der Waals surface area (Å²) in [5.41, 5.74) is 3.52. The Hall–Kier alpha value is -4.09. The van der Waals surface area contributed by atoms with Gasteiger partial charge in [-0.2, -0.15) is 8.42 Å². The second kappa shape index (κ2) is 8.54. The van der Waals surface area contributed by atoms with Gasteiger partial charge in [-0.25, -0.2) is 0 Å². The Morgan fingerprint density at radius 1 is 1.11 bits per heavy atom. The van der Waals surface area contributed by atoms with Gasteiger partial charge in [-0.15, -0.1) is 10.3 Å². The van der Waals surface area contributed by atoms with Crippen LogP contribution in [0.15, 0.2) is 64.3 Å². The topological polar surface area (TPSA) is 81.2 Å². The van der Waals surface area contributed by atoms with E-state index >= 15 is 0 Å². The molecule has 0 unspecified atom stereocenters. The number of pyridine rings is 1. The fraction of sp³-hybridized carbons (Fsp3) is 0.179. The zero-order valence-corrected chi connectivity index (χ0v) is 20.7. The quantitative estimate of drug-likeness (QED) is 0.254. The molecule has 0 atom stereocenters. The van der Waals surface area contributed by atoms with Gasteiger partial charge in [-0.1, -0.05) is 38.0 Å². The first-order valence-corrected chi connectivity index (χ1v) is 12.7. The number of halogens is 1.